The van der Waals surface area contributed by atoms with Crippen molar-refractivity contribution in [2.75, 3.05) is 9.71 Å². The number of fused-ring (bicyclic) bond motifs is 7. The first kappa shape index (κ1) is 37.2. The van der Waals surface area contributed by atoms with Crippen molar-refractivity contribution in [3.05, 3.63) is 187 Å². The Bertz CT molecular complexity index is 3170. The second-order valence-electron chi connectivity index (χ2n) is 19.1. The number of benzene rings is 8. The molecule has 0 unspecified atom stereocenters. The van der Waals surface area contributed by atoms with Crippen LogP contribution in [0.4, 0.5) is 28.4 Å². The number of nitrogens with zero attached hydrogens (tertiary/aromatic N) is 2. The number of anilines is 5. The molecule has 0 saturated heterocycles. The minimum atomic E-state index is -0.140. The topological polar surface area (TPSA) is 19.6 Å². The minimum absolute atomic E-state index is 0.0272. The van der Waals surface area contributed by atoms with E-state index >= 15 is 0 Å². The molecular formula is C57H49BN2O. The molecule has 3 nitrogen and oxygen atoms in total. The zero-order chi connectivity index (χ0) is 41.8. The standard InChI is InChI=1S/C57H49BN2O/c1-36-30-47-45-32-39(37-16-10-8-11-17-37)22-28-50(45)60(42-26-23-40(24-27-42)56(2,3)4)58-48-35-54-46(43-20-14-15-21-53(43)61-54)34-51(48)59(52(31-36)55(47)58)49-29-25-41(57(5,6)7)33-44(49)38-18-12-9-13-19-38/h8-35H,1-7H3. The van der Waals surface area contributed by atoms with E-state index in [4.69, 9.17) is 4.42 Å². The van der Waals surface area contributed by atoms with Crippen molar-refractivity contribution in [3.8, 4) is 33.4 Å². The van der Waals surface area contributed by atoms with Crippen LogP contribution in [-0.2, 0) is 10.8 Å². The molecule has 2 aliphatic heterocycles. The lowest BCUT2D eigenvalue weighted by Crippen LogP contribution is -2.61. The van der Waals surface area contributed by atoms with Gasteiger partial charge in [0.15, 0.2) is 0 Å². The number of hydrogen-bond donors (Lipinski definition) is 0. The summed E-state index contributed by atoms with van der Waals surface area (Å²) in [4.78, 5) is 5.17. The zero-order valence-electron chi connectivity index (χ0n) is 36.0. The van der Waals surface area contributed by atoms with Crippen LogP contribution < -0.4 is 20.6 Å². The Morgan fingerprint density at radius 2 is 1.10 bits per heavy atom. The molecule has 4 heteroatoms. The summed E-state index contributed by atoms with van der Waals surface area (Å²) in [6.45, 7) is 15.9. The van der Waals surface area contributed by atoms with Crippen molar-refractivity contribution in [1.82, 2.24) is 0 Å². The van der Waals surface area contributed by atoms with Gasteiger partial charge in [-0.2, -0.15) is 0 Å². The van der Waals surface area contributed by atoms with E-state index in [0.29, 0.717) is 0 Å². The second-order valence-corrected chi connectivity index (χ2v) is 19.1. The van der Waals surface area contributed by atoms with Gasteiger partial charge in [-0.15, -0.1) is 0 Å². The third-order valence-corrected chi connectivity index (χ3v) is 13.0. The lowest BCUT2D eigenvalue weighted by Gasteiger charge is -2.46. The molecule has 0 N–H and O–H groups in total. The molecule has 0 aliphatic carbocycles. The second kappa shape index (κ2) is 13.6. The van der Waals surface area contributed by atoms with Gasteiger partial charge in [-0.25, -0.2) is 0 Å². The fourth-order valence-electron chi connectivity index (χ4n) is 9.84. The van der Waals surface area contributed by atoms with Gasteiger partial charge in [0, 0.05) is 44.6 Å². The molecular weight excluding hydrogens is 739 g/mol. The quantitative estimate of drug-likeness (QED) is 0.166. The number of aryl methyl sites for hydroxylation is 1. The highest BCUT2D eigenvalue weighted by atomic mass is 16.3. The Morgan fingerprint density at radius 3 is 1.82 bits per heavy atom. The molecule has 3 heterocycles. The van der Waals surface area contributed by atoms with Crippen LogP contribution in [0.3, 0.4) is 0 Å². The smallest absolute Gasteiger partial charge is 0.333 e. The van der Waals surface area contributed by atoms with Gasteiger partial charge < -0.3 is 14.1 Å². The van der Waals surface area contributed by atoms with Gasteiger partial charge in [-0.05, 0) is 128 Å². The van der Waals surface area contributed by atoms with Crippen LogP contribution in [0.5, 0.6) is 0 Å². The third kappa shape index (κ3) is 6.03. The molecule has 11 rings (SSSR count). The summed E-state index contributed by atoms with van der Waals surface area (Å²) in [5.74, 6) is 0. The average molecular weight is 789 g/mol. The minimum Gasteiger partial charge on any atom is -0.456 e. The van der Waals surface area contributed by atoms with Crippen molar-refractivity contribution < 1.29 is 4.42 Å². The zero-order valence-corrected chi connectivity index (χ0v) is 36.0. The van der Waals surface area contributed by atoms with E-state index in [2.05, 4.69) is 228 Å². The summed E-state index contributed by atoms with van der Waals surface area (Å²) in [6.07, 6.45) is 0. The van der Waals surface area contributed by atoms with Crippen molar-refractivity contribution in [3.63, 3.8) is 0 Å². The molecule has 8 aromatic carbocycles. The van der Waals surface area contributed by atoms with E-state index < -0.39 is 0 Å². The number of furan rings is 1. The maximum absolute atomic E-state index is 6.75. The maximum Gasteiger partial charge on any atom is 0.333 e. The van der Waals surface area contributed by atoms with Gasteiger partial charge in [0.25, 0.3) is 0 Å². The first-order valence-electron chi connectivity index (χ1n) is 21.6. The van der Waals surface area contributed by atoms with E-state index in [-0.39, 0.29) is 17.7 Å². The lowest BCUT2D eigenvalue weighted by molar-refractivity contribution is 0.590. The Morgan fingerprint density at radius 1 is 0.443 bits per heavy atom. The Labute approximate surface area is 360 Å². The third-order valence-electron chi connectivity index (χ3n) is 13.0. The van der Waals surface area contributed by atoms with E-state index in [1.807, 2.05) is 0 Å². The van der Waals surface area contributed by atoms with E-state index in [0.717, 1.165) is 39.0 Å². The molecule has 0 atom stereocenters. The van der Waals surface area contributed by atoms with Crippen molar-refractivity contribution in [2.45, 2.75) is 59.3 Å². The van der Waals surface area contributed by atoms with Gasteiger partial charge in [0.1, 0.15) is 11.2 Å². The Kier molecular flexibility index (Phi) is 8.32. The van der Waals surface area contributed by atoms with Gasteiger partial charge in [-0.3, -0.25) is 0 Å². The van der Waals surface area contributed by atoms with Crippen molar-refractivity contribution in [1.29, 1.82) is 0 Å². The van der Waals surface area contributed by atoms with E-state index in [9.17, 15) is 0 Å². The highest BCUT2D eigenvalue weighted by Crippen LogP contribution is 2.51. The molecule has 0 radical (unpaired) electrons. The highest BCUT2D eigenvalue weighted by molar-refractivity contribution is 6.93. The van der Waals surface area contributed by atoms with Crippen LogP contribution in [-0.4, -0.2) is 6.85 Å². The molecule has 0 saturated carbocycles. The Hall–Kier alpha value is -6.78. The normalized spacial score (nSPS) is 13.4. The van der Waals surface area contributed by atoms with E-state index in [1.165, 1.54) is 72.4 Å². The summed E-state index contributed by atoms with van der Waals surface area (Å²) >= 11 is 0. The largest absolute Gasteiger partial charge is 0.456 e. The van der Waals surface area contributed by atoms with Gasteiger partial charge in [0.05, 0.1) is 5.69 Å². The predicted molar refractivity (Wildman–Crippen MR) is 260 cm³/mol. The molecule has 61 heavy (non-hydrogen) atoms. The predicted octanol–water partition coefficient (Wildman–Crippen LogP) is 14.5. The van der Waals surface area contributed by atoms with Gasteiger partial charge >= 0.3 is 6.85 Å². The number of rotatable bonds is 4. The fourth-order valence-corrected chi connectivity index (χ4v) is 9.84. The molecule has 9 aromatic rings. The SMILES string of the molecule is Cc1cc2c3c(c1)N(c1ccc(C(C)(C)C)cc1-c1ccccc1)c1cc4c(cc1B3N(c1ccc(C(C)(C)C)cc1)c1ccc(-c3ccccc3)cc1-2)oc1ccccc14. The molecule has 0 fully saturated rings. The number of para-hydroxylation sites is 1. The van der Waals surface area contributed by atoms with Crippen LogP contribution in [0.15, 0.2) is 174 Å². The van der Waals surface area contributed by atoms with Crippen LogP contribution in [0, 0.1) is 6.92 Å². The van der Waals surface area contributed by atoms with E-state index in [1.54, 1.807) is 0 Å². The first-order chi connectivity index (χ1) is 29.4. The van der Waals surface area contributed by atoms with Crippen molar-refractivity contribution >= 4 is 68.1 Å². The average Bonchev–Trinajstić information content (AvgIpc) is 3.63. The summed E-state index contributed by atoms with van der Waals surface area (Å²) in [5, 5.41) is 2.24. The molecule has 1 aromatic heterocycles. The first-order valence-corrected chi connectivity index (χ1v) is 21.6. The van der Waals surface area contributed by atoms with Gasteiger partial charge in [-0.1, -0.05) is 151 Å². The monoisotopic (exact) mass is 788 g/mol. The molecule has 2 aliphatic rings. The molecule has 0 bridgehead atoms. The fraction of sp³-hybridized carbons (Fsp3) is 0.158. The molecule has 296 valence electrons. The molecule has 0 amide bonds. The lowest BCUT2D eigenvalue weighted by atomic mass is 9.43. The maximum atomic E-state index is 6.75. The molecule has 0 spiro atoms. The number of hydrogen-bond acceptors (Lipinski definition) is 3. The summed E-state index contributed by atoms with van der Waals surface area (Å²) in [6, 6.07) is 63.3. The van der Waals surface area contributed by atoms with Crippen LogP contribution in [0.25, 0.3) is 55.3 Å². The summed E-state index contributed by atoms with van der Waals surface area (Å²) < 4.78 is 6.75. The van der Waals surface area contributed by atoms with Gasteiger partial charge in [0.2, 0.25) is 0 Å². The Balaban J connectivity index is 1.26. The summed E-state index contributed by atoms with van der Waals surface area (Å²) in [7, 11) is 0. The van der Waals surface area contributed by atoms with Crippen LogP contribution >= 0.6 is 0 Å². The van der Waals surface area contributed by atoms with Crippen molar-refractivity contribution in [2.24, 2.45) is 0 Å². The summed E-state index contributed by atoms with van der Waals surface area (Å²) in [5.41, 5.74) is 21.4. The van der Waals surface area contributed by atoms with Crippen LogP contribution in [0.1, 0.15) is 58.2 Å². The van der Waals surface area contributed by atoms with Crippen LogP contribution in [0.2, 0.25) is 0 Å². The highest BCUT2D eigenvalue weighted by Gasteiger charge is 2.46.